The van der Waals surface area contributed by atoms with Gasteiger partial charge in [-0.3, -0.25) is 9.78 Å². The summed E-state index contributed by atoms with van der Waals surface area (Å²) in [5.41, 5.74) is 2.20. The first-order chi connectivity index (χ1) is 5.22. The molecular weight excluding hydrogens is 148 g/mol. The van der Waals surface area contributed by atoms with Gasteiger partial charge < -0.3 is 0 Å². The molecule has 0 fully saturated rings. The second-order valence-corrected chi connectivity index (χ2v) is 1.94. The van der Waals surface area contributed by atoms with Crippen LogP contribution in [-0.2, 0) is 0 Å². The lowest BCUT2D eigenvalue weighted by molar-refractivity contribution is 1.04. The Labute approximate surface area is 61.6 Å². The van der Waals surface area contributed by atoms with Crippen LogP contribution in [0.3, 0.4) is 0 Å². The van der Waals surface area contributed by atoms with Crippen molar-refractivity contribution in [2.24, 2.45) is 5.29 Å². The van der Waals surface area contributed by atoms with Crippen LogP contribution >= 0.6 is 0 Å². The minimum Gasteiger partial charge on any atom is -0.291 e. The largest absolute Gasteiger partial charge is 0.291 e. The highest BCUT2D eigenvalue weighted by Gasteiger charge is 1.94. The predicted molar refractivity (Wildman–Crippen MR) is 39.0 cm³/mol. The molecule has 0 spiro atoms. The number of hydrogen-bond donors (Lipinski definition) is 2. The van der Waals surface area contributed by atoms with Crippen LogP contribution in [-0.4, -0.2) is 9.97 Å². The third kappa shape index (κ3) is 1.85. The SMILES string of the molecule is Cc1cc(=O)[nH]c(NN=O)n1. The predicted octanol–water partition coefficient (Wildman–Crippen LogP) is 0.172. The Hall–Kier alpha value is -1.72. The van der Waals surface area contributed by atoms with Crippen LogP contribution in [0.5, 0.6) is 0 Å². The molecule has 6 nitrogen and oxygen atoms in total. The van der Waals surface area contributed by atoms with Crippen LogP contribution in [0.2, 0.25) is 0 Å². The molecular formula is C5H6N4O2. The molecule has 0 radical (unpaired) electrons. The third-order valence-electron chi connectivity index (χ3n) is 1.02. The average Bonchev–Trinajstić information content (AvgIpc) is 1.85. The molecule has 6 heteroatoms. The van der Waals surface area contributed by atoms with Gasteiger partial charge in [-0.25, -0.2) is 10.4 Å². The molecule has 0 saturated carbocycles. The summed E-state index contributed by atoms with van der Waals surface area (Å²) in [4.78, 5) is 26.4. The van der Waals surface area contributed by atoms with Gasteiger partial charge in [0, 0.05) is 11.8 Å². The van der Waals surface area contributed by atoms with Gasteiger partial charge in [0.2, 0.25) is 5.95 Å². The standard InChI is InChI=1S/C5H6N4O2/c1-3-2-4(10)7-5(6-3)8-9-11/h2H,1H3,(H2,6,7,8,10,11). The number of H-pyrrole nitrogens is 1. The average molecular weight is 154 g/mol. The number of aromatic amines is 1. The summed E-state index contributed by atoms with van der Waals surface area (Å²) in [6.45, 7) is 1.64. The molecule has 0 atom stereocenters. The molecule has 11 heavy (non-hydrogen) atoms. The van der Waals surface area contributed by atoms with E-state index in [4.69, 9.17) is 0 Å². The van der Waals surface area contributed by atoms with Gasteiger partial charge in [-0.15, -0.1) is 4.91 Å². The first-order valence-corrected chi connectivity index (χ1v) is 2.88. The molecule has 2 N–H and O–H groups in total. The van der Waals surface area contributed by atoms with E-state index in [0.29, 0.717) is 5.69 Å². The first kappa shape index (κ1) is 7.39. The van der Waals surface area contributed by atoms with Crippen LogP contribution in [0.1, 0.15) is 5.69 Å². The molecule has 0 aliphatic carbocycles. The maximum atomic E-state index is 10.7. The van der Waals surface area contributed by atoms with Gasteiger partial charge in [0.25, 0.3) is 5.56 Å². The molecule has 0 aliphatic heterocycles. The van der Waals surface area contributed by atoms with Crippen LogP contribution in [0, 0.1) is 11.8 Å². The Morgan fingerprint density at radius 2 is 2.45 bits per heavy atom. The zero-order chi connectivity index (χ0) is 8.27. The highest BCUT2D eigenvalue weighted by Crippen LogP contribution is 1.93. The molecule has 0 saturated heterocycles. The molecule has 58 valence electrons. The third-order valence-corrected chi connectivity index (χ3v) is 1.02. The van der Waals surface area contributed by atoms with E-state index < -0.39 is 0 Å². The van der Waals surface area contributed by atoms with Gasteiger partial charge in [-0.2, -0.15) is 0 Å². The lowest BCUT2D eigenvalue weighted by Crippen LogP contribution is -2.09. The Morgan fingerprint density at radius 1 is 1.73 bits per heavy atom. The van der Waals surface area contributed by atoms with Crippen molar-refractivity contribution < 1.29 is 0 Å². The van der Waals surface area contributed by atoms with Crippen molar-refractivity contribution >= 4 is 5.95 Å². The minimum absolute atomic E-state index is 0.0602. The van der Waals surface area contributed by atoms with Crippen LogP contribution in [0.15, 0.2) is 16.1 Å². The van der Waals surface area contributed by atoms with Crippen molar-refractivity contribution in [3.8, 4) is 0 Å². The molecule has 1 aromatic rings. The van der Waals surface area contributed by atoms with Gasteiger partial charge >= 0.3 is 0 Å². The topological polar surface area (TPSA) is 87.2 Å². The summed E-state index contributed by atoms with van der Waals surface area (Å²) >= 11 is 0. The van der Waals surface area contributed by atoms with Crippen LogP contribution < -0.4 is 11.0 Å². The Kier molecular flexibility index (Phi) is 1.95. The molecule has 1 aromatic heterocycles. The lowest BCUT2D eigenvalue weighted by atomic mass is 10.5. The minimum atomic E-state index is -0.316. The van der Waals surface area contributed by atoms with E-state index in [2.05, 4.69) is 15.3 Å². The normalized spacial score (nSPS) is 9.18. The summed E-state index contributed by atoms with van der Waals surface area (Å²) in [5.74, 6) is 0.0602. The number of anilines is 1. The highest BCUT2D eigenvalue weighted by molar-refractivity contribution is 5.22. The fourth-order valence-corrected chi connectivity index (χ4v) is 0.675. The van der Waals surface area contributed by atoms with Gasteiger partial charge in [-0.1, -0.05) is 0 Å². The Balaban J connectivity index is 3.08. The monoisotopic (exact) mass is 154 g/mol. The summed E-state index contributed by atoms with van der Waals surface area (Å²) in [7, 11) is 0. The summed E-state index contributed by atoms with van der Waals surface area (Å²) in [6.07, 6.45) is 0. The van der Waals surface area contributed by atoms with Crippen molar-refractivity contribution in [3.63, 3.8) is 0 Å². The van der Waals surface area contributed by atoms with Crippen molar-refractivity contribution in [2.75, 3.05) is 5.43 Å². The van der Waals surface area contributed by atoms with Crippen molar-refractivity contribution in [2.45, 2.75) is 6.92 Å². The number of nitrogens with one attached hydrogen (secondary N) is 2. The van der Waals surface area contributed by atoms with Gasteiger partial charge in [0.15, 0.2) is 0 Å². The summed E-state index contributed by atoms with van der Waals surface area (Å²) < 4.78 is 0. The zero-order valence-electron chi connectivity index (χ0n) is 5.79. The van der Waals surface area contributed by atoms with Crippen molar-refractivity contribution in [3.05, 3.63) is 27.0 Å². The van der Waals surface area contributed by atoms with Gasteiger partial charge in [0.05, 0.1) is 5.29 Å². The van der Waals surface area contributed by atoms with E-state index in [9.17, 15) is 9.70 Å². The van der Waals surface area contributed by atoms with E-state index in [0.717, 1.165) is 0 Å². The molecule has 0 unspecified atom stereocenters. The van der Waals surface area contributed by atoms with E-state index in [1.54, 1.807) is 6.92 Å². The highest BCUT2D eigenvalue weighted by atomic mass is 16.3. The maximum Gasteiger partial charge on any atom is 0.252 e. The summed E-state index contributed by atoms with van der Waals surface area (Å²) in [6, 6.07) is 1.32. The first-order valence-electron chi connectivity index (χ1n) is 2.88. The summed E-state index contributed by atoms with van der Waals surface area (Å²) in [5, 5.41) is 2.36. The number of hydrogen-bond acceptors (Lipinski definition) is 4. The Morgan fingerprint density at radius 3 is 3.00 bits per heavy atom. The quantitative estimate of drug-likeness (QED) is 0.469. The number of rotatable bonds is 2. The zero-order valence-corrected chi connectivity index (χ0v) is 5.79. The molecule has 0 aromatic carbocycles. The number of nitrogens with zero attached hydrogens (tertiary/aromatic N) is 2. The Bertz CT molecular complexity index is 319. The van der Waals surface area contributed by atoms with Crippen LogP contribution in [0.25, 0.3) is 0 Å². The van der Waals surface area contributed by atoms with E-state index in [1.807, 2.05) is 5.43 Å². The van der Waals surface area contributed by atoms with Gasteiger partial charge in [-0.05, 0) is 6.92 Å². The van der Waals surface area contributed by atoms with E-state index >= 15 is 0 Å². The molecule has 0 amide bonds. The fourth-order valence-electron chi connectivity index (χ4n) is 0.675. The van der Waals surface area contributed by atoms with Crippen LogP contribution in [0.4, 0.5) is 5.95 Å². The number of aromatic nitrogens is 2. The fraction of sp³-hybridized carbons (Fsp3) is 0.200. The van der Waals surface area contributed by atoms with Crippen molar-refractivity contribution in [1.29, 1.82) is 0 Å². The number of aryl methyl sites for hydroxylation is 1. The second-order valence-electron chi connectivity index (χ2n) is 1.94. The van der Waals surface area contributed by atoms with Crippen molar-refractivity contribution in [1.82, 2.24) is 9.97 Å². The molecule has 1 rings (SSSR count). The molecule has 1 heterocycles. The number of nitroso groups, excluding NO2 is 1. The van der Waals surface area contributed by atoms with E-state index in [1.165, 1.54) is 6.07 Å². The smallest absolute Gasteiger partial charge is 0.252 e. The molecule has 0 bridgehead atoms. The van der Waals surface area contributed by atoms with Gasteiger partial charge in [0.1, 0.15) is 0 Å². The lowest BCUT2D eigenvalue weighted by Gasteiger charge is -1.95. The second kappa shape index (κ2) is 2.91. The molecule has 0 aliphatic rings. The maximum absolute atomic E-state index is 10.7. The van der Waals surface area contributed by atoms with E-state index in [-0.39, 0.29) is 11.5 Å².